The van der Waals surface area contributed by atoms with Gasteiger partial charge in [0.1, 0.15) is 11.6 Å². The van der Waals surface area contributed by atoms with Crippen molar-refractivity contribution in [2.24, 2.45) is 0 Å². The average molecular weight is 501 g/mol. The summed E-state index contributed by atoms with van der Waals surface area (Å²) in [5.74, 6) is -2.02. The van der Waals surface area contributed by atoms with E-state index in [1.54, 1.807) is 18.2 Å². The van der Waals surface area contributed by atoms with Crippen LogP contribution in [0.25, 0.3) is 0 Å². The molecule has 0 aromatic heterocycles. The number of carbonyl (C=O) groups excluding carboxylic acids is 5. The number of imide groups is 2. The van der Waals surface area contributed by atoms with Gasteiger partial charge in [-0.25, -0.2) is 4.79 Å². The van der Waals surface area contributed by atoms with E-state index in [1.165, 1.54) is 0 Å². The van der Waals surface area contributed by atoms with E-state index in [9.17, 15) is 24.0 Å². The zero-order valence-corrected chi connectivity index (χ0v) is 21.3. The van der Waals surface area contributed by atoms with Gasteiger partial charge < -0.3 is 15.4 Å². The molecule has 1 atom stereocenters. The minimum Gasteiger partial charge on any atom is -0.444 e. The fourth-order valence-corrected chi connectivity index (χ4v) is 4.35. The normalized spacial score (nSPS) is 17.6. The molecule has 0 spiro atoms. The van der Waals surface area contributed by atoms with Gasteiger partial charge in [0, 0.05) is 25.2 Å². The van der Waals surface area contributed by atoms with Crippen LogP contribution in [0, 0.1) is 0 Å². The summed E-state index contributed by atoms with van der Waals surface area (Å²) in [6.45, 7) is 6.75. The van der Waals surface area contributed by atoms with Crippen molar-refractivity contribution >= 4 is 35.4 Å². The Morgan fingerprint density at radius 1 is 1.00 bits per heavy atom. The van der Waals surface area contributed by atoms with Crippen LogP contribution in [0.4, 0.5) is 10.5 Å². The van der Waals surface area contributed by atoms with Gasteiger partial charge in [0.05, 0.1) is 11.1 Å². The maximum Gasteiger partial charge on any atom is 0.407 e. The quantitative estimate of drug-likeness (QED) is 0.313. The summed E-state index contributed by atoms with van der Waals surface area (Å²) < 4.78 is 5.20. The third-order valence-electron chi connectivity index (χ3n) is 6.06. The van der Waals surface area contributed by atoms with Gasteiger partial charge >= 0.3 is 6.09 Å². The van der Waals surface area contributed by atoms with Gasteiger partial charge in [0.2, 0.25) is 11.8 Å². The first kappa shape index (κ1) is 27.2. The van der Waals surface area contributed by atoms with E-state index >= 15 is 0 Å². The van der Waals surface area contributed by atoms with Crippen molar-refractivity contribution in [1.82, 2.24) is 15.5 Å². The molecule has 36 heavy (non-hydrogen) atoms. The van der Waals surface area contributed by atoms with Crippen molar-refractivity contribution in [3.63, 3.8) is 0 Å². The largest absolute Gasteiger partial charge is 0.444 e. The highest BCUT2D eigenvalue weighted by molar-refractivity contribution is 6.25. The van der Waals surface area contributed by atoms with Crippen LogP contribution < -0.4 is 16.0 Å². The Morgan fingerprint density at radius 3 is 2.33 bits per heavy atom. The number of alkyl carbamates (subject to hydrolysis) is 1. The number of anilines is 1. The van der Waals surface area contributed by atoms with Crippen LogP contribution >= 0.6 is 0 Å². The number of benzene rings is 1. The van der Waals surface area contributed by atoms with Gasteiger partial charge in [-0.15, -0.1) is 0 Å². The molecule has 1 aromatic carbocycles. The summed E-state index contributed by atoms with van der Waals surface area (Å²) in [5.41, 5.74) is 0.640. The van der Waals surface area contributed by atoms with Gasteiger partial charge in [-0.3, -0.25) is 29.4 Å². The summed E-state index contributed by atoms with van der Waals surface area (Å²) in [6, 6.07) is 4.09. The molecule has 5 amide bonds. The number of fused-ring (bicyclic) bond motifs is 1. The number of nitrogens with one attached hydrogen (secondary N) is 3. The number of rotatable bonds is 11. The SMILES string of the molecule is CC(C)(C)OC(=O)NCCCCCCCCNc1cccc2c1C(=O)N(C1CCC(=O)NC1=O)C2=O. The topological polar surface area (TPSA) is 134 Å². The lowest BCUT2D eigenvalue weighted by Gasteiger charge is -2.27. The monoisotopic (exact) mass is 500 g/mol. The summed E-state index contributed by atoms with van der Waals surface area (Å²) in [7, 11) is 0. The first-order valence-corrected chi connectivity index (χ1v) is 12.6. The zero-order chi connectivity index (χ0) is 26.3. The fourth-order valence-electron chi connectivity index (χ4n) is 4.35. The second kappa shape index (κ2) is 12.0. The first-order valence-electron chi connectivity index (χ1n) is 12.6. The third kappa shape index (κ3) is 7.05. The lowest BCUT2D eigenvalue weighted by Crippen LogP contribution is -2.54. The van der Waals surface area contributed by atoms with Crippen LogP contribution in [0.5, 0.6) is 0 Å². The van der Waals surface area contributed by atoms with Crippen molar-refractivity contribution in [2.45, 2.75) is 83.8 Å². The van der Waals surface area contributed by atoms with E-state index in [4.69, 9.17) is 4.74 Å². The molecule has 1 saturated heterocycles. The maximum atomic E-state index is 13.1. The number of unbranched alkanes of at least 4 members (excludes halogenated alkanes) is 5. The number of piperidine rings is 1. The molecule has 3 rings (SSSR count). The van der Waals surface area contributed by atoms with E-state index < -0.39 is 35.3 Å². The van der Waals surface area contributed by atoms with E-state index in [0.29, 0.717) is 18.8 Å². The molecule has 10 nitrogen and oxygen atoms in total. The van der Waals surface area contributed by atoms with Crippen molar-refractivity contribution in [3.8, 4) is 0 Å². The average Bonchev–Trinajstić information content (AvgIpc) is 3.05. The highest BCUT2D eigenvalue weighted by Gasteiger charge is 2.45. The molecular formula is C26H36N4O6. The standard InChI is InChI=1S/C26H36N4O6/c1-26(2,3)36-25(35)28-16-9-7-5-4-6-8-15-27-18-12-10-11-17-21(18)24(34)30(23(17)33)19-13-14-20(31)29-22(19)32/h10-12,19,27H,4-9,13-16H2,1-3H3,(H,28,35)(H,29,31,32). The number of nitrogens with zero attached hydrogens (tertiary/aromatic N) is 1. The lowest BCUT2D eigenvalue weighted by atomic mass is 10.0. The van der Waals surface area contributed by atoms with Gasteiger partial charge in [0.25, 0.3) is 11.8 Å². The minimum absolute atomic E-state index is 0.0924. The van der Waals surface area contributed by atoms with Gasteiger partial charge in [0.15, 0.2) is 0 Å². The molecule has 0 saturated carbocycles. The molecule has 2 heterocycles. The highest BCUT2D eigenvalue weighted by atomic mass is 16.6. The van der Waals surface area contributed by atoms with E-state index in [2.05, 4.69) is 16.0 Å². The summed E-state index contributed by atoms with van der Waals surface area (Å²) in [6.07, 6.45) is 5.78. The van der Waals surface area contributed by atoms with Crippen molar-refractivity contribution in [3.05, 3.63) is 29.3 Å². The third-order valence-corrected chi connectivity index (χ3v) is 6.06. The molecule has 0 bridgehead atoms. The van der Waals surface area contributed by atoms with Crippen LogP contribution in [0.1, 0.15) is 92.9 Å². The van der Waals surface area contributed by atoms with Crippen LogP contribution in [-0.4, -0.2) is 59.4 Å². The minimum atomic E-state index is -0.970. The molecule has 1 fully saturated rings. The summed E-state index contributed by atoms with van der Waals surface area (Å²) in [5, 5.41) is 8.23. The van der Waals surface area contributed by atoms with Crippen molar-refractivity contribution in [2.75, 3.05) is 18.4 Å². The molecule has 0 aliphatic carbocycles. The summed E-state index contributed by atoms with van der Waals surface area (Å²) in [4.78, 5) is 62.2. The van der Waals surface area contributed by atoms with Gasteiger partial charge in [-0.2, -0.15) is 0 Å². The number of hydrogen-bond donors (Lipinski definition) is 3. The van der Waals surface area contributed by atoms with Gasteiger partial charge in [-0.1, -0.05) is 31.7 Å². The molecule has 3 N–H and O–H groups in total. The lowest BCUT2D eigenvalue weighted by molar-refractivity contribution is -0.136. The van der Waals surface area contributed by atoms with Crippen LogP contribution in [0.3, 0.4) is 0 Å². The second-order valence-corrected chi connectivity index (χ2v) is 10.2. The van der Waals surface area contributed by atoms with Crippen LogP contribution in [-0.2, 0) is 14.3 Å². The molecule has 2 aliphatic heterocycles. The Labute approximate surface area is 211 Å². The highest BCUT2D eigenvalue weighted by Crippen LogP contribution is 2.32. The number of amides is 5. The maximum absolute atomic E-state index is 13.1. The van der Waals surface area contributed by atoms with Crippen LogP contribution in [0.15, 0.2) is 18.2 Å². The van der Waals surface area contributed by atoms with E-state index in [0.717, 1.165) is 43.4 Å². The Bertz CT molecular complexity index is 1020. The molecule has 196 valence electrons. The Balaban J connectivity index is 1.38. The molecule has 2 aliphatic rings. The van der Waals surface area contributed by atoms with Crippen molar-refractivity contribution < 1.29 is 28.7 Å². The predicted octanol–water partition coefficient (Wildman–Crippen LogP) is 3.37. The van der Waals surface area contributed by atoms with Gasteiger partial charge in [-0.05, 0) is 52.2 Å². The van der Waals surface area contributed by atoms with E-state index in [1.807, 2.05) is 20.8 Å². The Kier molecular flexibility index (Phi) is 9.06. The fraction of sp³-hybridized carbons (Fsp3) is 0.577. The Morgan fingerprint density at radius 2 is 1.67 bits per heavy atom. The smallest absolute Gasteiger partial charge is 0.407 e. The Hall–Kier alpha value is -3.43. The summed E-state index contributed by atoms with van der Waals surface area (Å²) >= 11 is 0. The zero-order valence-electron chi connectivity index (χ0n) is 21.3. The number of hydrogen-bond acceptors (Lipinski definition) is 7. The molecule has 10 heteroatoms. The van der Waals surface area contributed by atoms with Crippen LogP contribution in [0.2, 0.25) is 0 Å². The number of carbonyl (C=O) groups is 5. The van der Waals surface area contributed by atoms with E-state index in [-0.39, 0.29) is 30.1 Å². The first-order chi connectivity index (χ1) is 17.1. The molecule has 1 unspecified atom stereocenters. The molecular weight excluding hydrogens is 464 g/mol. The predicted molar refractivity (Wildman–Crippen MR) is 134 cm³/mol. The molecule has 1 aromatic rings. The van der Waals surface area contributed by atoms with Crippen molar-refractivity contribution in [1.29, 1.82) is 0 Å². The number of ether oxygens (including phenoxy) is 1. The molecule has 0 radical (unpaired) electrons. The second-order valence-electron chi connectivity index (χ2n) is 10.2.